The Morgan fingerprint density at radius 3 is 2.70 bits per heavy atom. The third kappa shape index (κ3) is 4.69. The molecule has 0 aliphatic heterocycles. The average molecular weight is 452 g/mol. The van der Waals surface area contributed by atoms with Crippen LogP contribution in [0.5, 0.6) is 11.6 Å². The summed E-state index contributed by atoms with van der Waals surface area (Å²) in [4.78, 5) is 16.9. The Labute approximate surface area is 181 Å². The van der Waals surface area contributed by atoms with E-state index >= 15 is 0 Å². The highest BCUT2D eigenvalue weighted by molar-refractivity contribution is 6.36. The van der Waals surface area contributed by atoms with E-state index in [0.717, 1.165) is 0 Å². The number of halogens is 3. The zero-order chi connectivity index (χ0) is 21.7. The molecule has 11 heteroatoms. The van der Waals surface area contributed by atoms with Crippen LogP contribution < -0.4 is 20.1 Å². The second-order valence-electron chi connectivity index (χ2n) is 5.91. The van der Waals surface area contributed by atoms with Crippen LogP contribution in [0.3, 0.4) is 0 Å². The van der Waals surface area contributed by atoms with Gasteiger partial charge in [-0.25, -0.2) is 9.37 Å². The molecule has 0 aliphatic rings. The Balaban J connectivity index is 1.77. The second kappa shape index (κ2) is 9.55. The predicted octanol–water partition coefficient (Wildman–Crippen LogP) is 3.82. The van der Waals surface area contributed by atoms with Gasteiger partial charge >= 0.3 is 0 Å². The molecule has 2 aromatic heterocycles. The molecule has 30 heavy (non-hydrogen) atoms. The van der Waals surface area contributed by atoms with E-state index < -0.39 is 5.82 Å². The monoisotopic (exact) mass is 451 g/mol. The fourth-order valence-corrected chi connectivity index (χ4v) is 3.11. The maximum atomic E-state index is 13.6. The van der Waals surface area contributed by atoms with Crippen molar-refractivity contribution in [2.45, 2.75) is 6.42 Å². The lowest BCUT2D eigenvalue weighted by molar-refractivity contribution is -0.106. The SMILES string of the molecule is COc1ccc(N(C=O)c2cc(OCCc3c(Cl)ccc(F)c3Cl)c(N)nn2)cn1. The van der Waals surface area contributed by atoms with Crippen LogP contribution in [0.15, 0.2) is 36.5 Å². The largest absolute Gasteiger partial charge is 0.489 e. The van der Waals surface area contributed by atoms with E-state index in [9.17, 15) is 9.18 Å². The van der Waals surface area contributed by atoms with E-state index in [1.807, 2.05) is 0 Å². The Bertz CT molecular complexity index is 1050. The number of carbonyl (C=O) groups excluding carboxylic acids is 1. The van der Waals surface area contributed by atoms with Crippen molar-refractivity contribution in [2.75, 3.05) is 24.4 Å². The molecule has 3 aromatic rings. The number of rotatable bonds is 8. The van der Waals surface area contributed by atoms with E-state index in [1.54, 1.807) is 12.1 Å². The summed E-state index contributed by atoms with van der Waals surface area (Å²) in [6.07, 6.45) is 2.23. The van der Waals surface area contributed by atoms with Crippen molar-refractivity contribution in [3.05, 3.63) is 58.0 Å². The van der Waals surface area contributed by atoms with Gasteiger partial charge in [-0.1, -0.05) is 23.2 Å². The number of nitrogen functional groups attached to an aromatic ring is 1. The van der Waals surface area contributed by atoms with Gasteiger partial charge in [-0.2, -0.15) is 0 Å². The van der Waals surface area contributed by atoms with E-state index in [0.29, 0.717) is 28.6 Å². The smallest absolute Gasteiger partial charge is 0.220 e. The van der Waals surface area contributed by atoms with Gasteiger partial charge in [0.1, 0.15) is 5.82 Å². The lowest BCUT2D eigenvalue weighted by Crippen LogP contribution is -2.17. The summed E-state index contributed by atoms with van der Waals surface area (Å²) in [5, 5.41) is 8.01. The number of hydrogen-bond acceptors (Lipinski definition) is 7. The Morgan fingerprint density at radius 2 is 2.03 bits per heavy atom. The maximum Gasteiger partial charge on any atom is 0.220 e. The Morgan fingerprint density at radius 1 is 1.23 bits per heavy atom. The van der Waals surface area contributed by atoms with Gasteiger partial charge in [0, 0.05) is 23.6 Å². The van der Waals surface area contributed by atoms with E-state index in [2.05, 4.69) is 15.2 Å². The molecule has 0 saturated carbocycles. The third-order valence-corrected chi connectivity index (χ3v) is 4.84. The Kier molecular flexibility index (Phi) is 6.86. The van der Waals surface area contributed by atoms with Crippen LogP contribution in [0.4, 0.5) is 21.7 Å². The second-order valence-corrected chi connectivity index (χ2v) is 6.69. The summed E-state index contributed by atoms with van der Waals surface area (Å²) in [5.74, 6) is 0.207. The number of amides is 1. The van der Waals surface area contributed by atoms with Crippen LogP contribution >= 0.6 is 23.2 Å². The molecule has 0 atom stereocenters. The fourth-order valence-electron chi connectivity index (χ4n) is 2.55. The van der Waals surface area contributed by atoms with Gasteiger partial charge in [0.05, 0.1) is 30.6 Å². The minimum atomic E-state index is -0.571. The lowest BCUT2D eigenvalue weighted by atomic mass is 10.1. The third-order valence-electron chi connectivity index (χ3n) is 4.08. The molecule has 2 N–H and O–H groups in total. The quantitative estimate of drug-likeness (QED) is 0.409. The van der Waals surface area contributed by atoms with Crippen molar-refractivity contribution in [1.29, 1.82) is 0 Å². The molecule has 8 nitrogen and oxygen atoms in total. The van der Waals surface area contributed by atoms with Gasteiger partial charge in [-0.05, 0) is 23.8 Å². The number of nitrogens with zero attached hydrogens (tertiary/aromatic N) is 4. The first-order chi connectivity index (χ1) is 14.4. The highest BCUT2D eigenvalue weighted by Gasteiger charge is 2.16. The van der Waals surface area contributed by atoms with E-state index in [-0.39, 0.29) is 35.4 Å². The lowest BCUT2D eigenvalue weighted by Gasteiger charge is -2.17. The standard InChI is InChI=1S/C19H16Cl2FN5O3/c1-29-17-5-2-11(9-24-17)27(10-28)16-8-15(19(23)26-25-16)30-7-6-12-13(20)3-4-14(22)18(12)21/h2-5,8-10H,6-7H2,1H3,(H2,23,26). The van der Waals surface area contributed by atoms with Gasteiger partial charge in [-0.3, -0.25) is 9.69 Å². The minimum absolute atomic E-state index is 0.0221. The van der Waals surface area contributed by atoms with Crippen LogP contribution in [0.1, 0.15) is 5.56 Å². The van der Waals surface area contributed by atoms with Crippen LogP contribution in [0, 0.1) is 5.82 Å². The zero-order valence-electron chi connectivity index (χ0n) is 15.7. The zero-order valence-corrected chi connectivity index (χ0v) is 17.2. The first-order valence-electron chi connectivity index (χ1n) is 8.57. The maximum absolute atomic E-state index is 13.6. The first-order valence-corrected chi connectivity index (χ1v) is 9.33. The molecule has 2 heterocycles. The van der Waals surface area contributed by atoms with Crippen LogP contribution in [-0.2, 0) is 11.2 Å². The number of anilines is 3. The molecule has 3 rings (SSSR count). The molecule has 0 bridgehead atoms. The van der Waals surface area contributed by atoms with Gasteiger partial charge in [0.2, 0.25) is 12.3 Å². The van der Waals surface area contributed by atoms with Crippen molar-refractivity contribution in [1.82, 2.24) is 15.2 Å². The van der Waals surface area contributed by atoms with Gasteiger partial charge in [0.15, 0.2) is 17.4 Å². The summed E-state index contributed by atoms with van der Waals surface area (Å²) < 4.78 is 24.3. The summed E-state index contributed by atoms with van der Waals surface area (Å²) in [7, 11) is 1.48. The fraction of sp³-hybridized carbons (Fsp3) is 0.158. The molecular weight excluding hydrogens is 436 g/mol. The number of nitrogens with two attached hydrogens (primary N) is 1. The molecule has 0 aliphatic carbocycles. The molecule has 156 valence electrons. The highest BCUT2D eigenvalue weighted by atomic mass is 35.5. The van der Waals surface area contributed by atoms with Crippen LogP contribution in [0.25, 0.3) is 0 Å². The van der Waals surface area contributed by atoms with Crippen LogP contribution in [-0.4, -0.2) is 35.3 Å². The molecule has 0 unspecified atom stereocenters. The first kappa shape index (κ1) is 21.5. The molecule has 1 amide bonds. The summed E-state index contributed by atoms with van der Waals surface area (Å²) in [6, 6.07) is 7.29. The van der Waals surface area contributed by atoms with Crippen molar-refractivity contribution in [2.24, 2.45) is 0 Å². The average Bonchev–Trinajstić information content (AvgIpc) is 2.76. The number of pyridine rings is 1. The Hall–Kier alpha value is -3.17. The van der Waals surface area contributed by atoms with Crippen molar-refractivity contribution in [3.63, 3.8) is 0 Å². The number of hydrogen-bond donors (Lipinski definition) is 1. The molecule has 0 radical (unpaired) electrons. The molecule has 0 fully saturated rings. The summed E-state index contributed by atoms with van der Waals surface area (Å²) >= 11 is 12.0. The van der Waals surface area contributed by atoms with Crippen LogP contribution in [0.2, 0.25) is 10.0 Å². The predicted molar refractivity (Wildman–Crippen MR) is 111 cm³/mol. The molecule has 0 saturated heterocycles. The minimum Gasteiger partial charge on any atom is -0.489 e. The number of carbonyl (C=O) groups is 1. The number of ether oxygens (including phenoxy) is 2. The summed E-state index contributed by atoms with van der Waals surface area (Å²) in [6.45, 7) is 0.0867. The number of methoxy groups -OCH3 is 1. The van der Waals surface area contributed by atoms with Gasteiger partial charge in [-0.15, -0.1) is 10.2 Å². The topological polar surface area (TPSA) is 103 Å². The summed E-state index contributed by atoms with van der Waals surface area (Å²) in [5.41, 5.74) is 6.68. The normalized spacial score (nSPS) is 10.5. The van der Waals surface area contributed by atoms with E-state index in [1.165, 1.54) is 36.4 Å². The van der Waals surface area contributed by atoms with Crippen molar-refractivity contribution < 1.29 is 18.7 Å². The highest BCUT2D eigenvalue weighted by Crippen LogP contribution is 2.30. The van der Waals surface area contributed by atoms with Gasteiger partial charge in [0.25, 0.3) is 0 Å². The van der Waals surface area contributed by atoms with Gasteiger partial charge < -0.3 is 15.2 Å². The molecular formula is C19H16Cl2FN5O3. The van der Waals surface area contributed by atoms with Crippen molar-refractivity contribution in [3.8, 4) is 11.6 Å². The van der Waals surface area contributed by atoms with E-state index in [4.69, 9.17) is 38.4 Å². The molecule has 1 aromatic carbocycles. The number of benzene rings is 1. The van der Waals surface area contributed by atoms with Crippen molar-refractivity contribution >= 4 is 46.9 Å². The molecule has 0 spiro atoms. The number of aromatic nitrogens is 3.